The molecule has 7 nitrogen and oxygen atoms in total. The summed E-state index contributed by atoms with van der Waals surface area (Å²) in [6.45, 7) is 3.81. The highest BCUT2D eigenvalue weighted by atomic mass is 16.5. The van der Waals surface area contributed by atoms with Crippen molar-refractivity contribution in [3.05, 3.63) is 0 Å². The van der Waals surface area contributed by atoms with Crippen molar-refractivity contribution in [2.45, 2.75) is 6.92 Å². The molecule has 0 aliphatic carbocycles. The second kappa shape index (κ2) is 5.18. The van der Waals surface area contributed by atoms with Crippen LogP contribution in [0.1, 0.15) is 6.92 Å². The lowest BCUT2D eigenvalue weighted by molar-refractivity contribution is 0.158. The number of nitrogens with one attached hydrogen (secondary N) is 1. The molecule has 0 fully saturated rings. The zero-order chi connectivity index (χ0) is 10.4. The second-order valence-corrected chi connectivity index (χ2v) is 2.50. The van der Waals surface area contributed by atoms with Crippen molar-refractivity contribution in [2.24, 2.45) is 0 Å². The molecule has 78 valence electrons. The van der Waals surface area contributed by atoms with Gasteiger partial charge in [-0.15, -0.1) is 0 Å². The third-order valence-corrected chi connectivity index (χ3v) is 1.40. The van der Waals surface area contributed by atoms with E-state index in [0.717, 1.165) is 0 Å². The van der Waals surface area contributed by atoms with Gasteiger partial charge in [0, 0.05) is 13.2 Å². The Bertz CT molecular complexity index is 271. The quantitative estimate of drug-likeness (QED) is 0.546. The van der Waals surface area contributed by atoms with E-state index in [0.29, 0.717) is 25.7 Å². The topological polar surface area (TPSA) is 112 Å². The number of aromatic nitrogens is 3. The summed E-state index contributed by atoms with van der Waals surface area (Å²) >= 11 is 0. The maximum absolute atomic E-state index is 5.38. The van der Waals surface area contributed by atoms with Gasteiger partial charge in [-0.1, -0.05) is 0 Å². The van der Waals surface area contributed by atoms with Crippen LogP contribution in [0.2, 0.25) is 0 Å². The standard InChI is InChI=1S/C7H14N6O/c1-2-14-4-3-10-7-12-5(8)11-6(9)13-7/h2-4H2,1H3,(H5,8,9,10,11,12,13). The SMILES string of the molecule is CCOCCNc1nc(N)nc(N)n1. The van der Waals surface area contributed by atoms with Crippen LogP contribution in [-0.2, 0) is 4.74 Å². The van der Waals surface area contributed by atoms with Gasteiger partial charge in [0.2, 0.25) is 17.8 Å². The molecule has 0 saturated carbocycles. The number of rotatable bonds is 5. The summed E-state index contributed by atoms with van der Waals surface area (Å²) in [6, 6.07) is 0. The summed E-state index contributed by atoms with van der Waals surface area (Å²) in [5, 5.41) is 2.91. The van der Waals surface area contributed by atoms with Crippen LogP contribution >= 0.6 is 0 Å². The number of nitrogen functional groups attached to an aromatic ring is 2. The highest BCUT2D eigenvalue weighted by Gasteiger charge is 1.99. The van der Waals surface area contributed by atoms with Crippen molar-refractivity contribution in [1.29, 1.82) is 0 Å². The number of hydrogen-bond acceptors (Lipinski definition) is 7. The van der Waals surface area contributed by atoms with Gasteiger partial charge in [-0.2, -0.15) is 15.0 Å². The van der Waals surface area contributed by atoms with Gasteiger partial charge in [0.15, 0.2) is 0 Å². The molecule has 0 atom stereocenters. The Balaban J connectivity index is 2.42. The first kappa shape index (κ1) is 10.5. The van der Waals surface area contributed by atoms with Crippen LogP contribution in [0.3, 0.4) is 0 Å². The van der Waals surface area contributed by atoms with Crippen LogP contribution in [0.15, 0.2) is 0 Å². The molecule has 0 aromatic carbocycles. The van der Waals surface area contributed by atoms with Crippen LogP contribution in [0.5, 0.6) is 0 Å². The van der Waals surface area contributed by atoms with Crippen molar-refractivity contribution in [2.75, 3.05) is 36.5 Å². The largest absolute Gasteiger partial charge is 0.380 e. The lowest BCUT2D eigenvalue weighted by Gasteiger charge is -2.05. The Kier molecular flexibility index (Phi) is 3.86. The monoisotopic (exact) mass is 198 g/mol. The minimum atomic E-state index is 0.108. The van der Waals surface area contributed by atoms with Crippen LogP contribution in [0.25, 0.3) is 0 Å². The molecule has 0 radical (unpaired) electrons. The number of nitrogens with two attached hydrogens (primary N) is 2. The molecule has 1 aromatic rings. The molecule has 0 aliphatic heterocycles. The molecular weight excluding hydrogens is 184 g/mol. The van der Waals surface area contributed by atoms with E-state index in [-0.39, 0.29) is 11.9 Å². The Hall–Kier alpha value is -1.63. The summed E-state index contributed by atoms with van der Waals surface area (Å²) in [5.41, 5.74) is 10.8. The minimum absolute atomic E-state index is 0.108. The Morgan fingerprint density at radius 2 is 1.86 bits per heavy atom. The van der Waals surface area contributed by atoms with E-state index < -0.39 is 0 Å². The van der Waals surface area contributed by atoms with Gasteiger partial charge in [-0.3, -0.25) is 0 Å². The summed E-state index contributed by atoms with van der Waals surface area (Å²) in [4.78, 5) is 11.3. The van der Waals surface area contributed by atoms with Gasteiger partial charge in [-0.25, -0.2) is 0 Å². The Morgan fingerprint density at radius 3 is 2.43 bits per heavy atom. The number of hydrogen-bond donors (Lipinski definition) is 3. The second-order valence-electron chi connectivity index (χ2n) is 2.50. The third-order valence-electron chi connectivity index (χ3n) is 1.40. The molecule has 1 rings (SSSR count). The smallest absolute Gasteiger partial charge is 0.229 e. The highest BCUT2D eigenvalue weighted by molar-refractivity contribution is 5.36. The van der Waals surface area contributed by atoms with Crippen molar-refractivity contribution in [3.63, 3.8) is 0 Å². The highest BCUT2D eigenvalue weighted by Crippen LogP contribution is 2.02. The molecule has 1 heterocycles. The fourth-order valence-electron chi connectivity index (χ4n) is 0.868. The maximum atomic E-state index is 5.38. The first-order valence-corrected chi connectivity index (χ1v) is 4.31. The van der Waals surface area contributed by atoms with Crippen molar-refractivity contribution >= 4 is 17.8 Å². The van der Waals surface area contributed by atoms with Gasteiger partial charge in [0.25, 0.3) is 0 Å². The van der Waals surface area contributed by atoms with Crippen LogP contribution in [-0.4, -0.2) is 34.7 Å². The van der Waals surface area contributed by atoms with Gasteiger partial charge < -0.3 is 21.5 Å². The van der Waals surface area contributed by atoms with E-state index >= 15 is 0 Å². The molecule has 1 aromatic heterocycles. The third kappa shape index (κ3) is 3.40. The van der Waals surface area contributed by atoms with E-state index in [4.69, 9.17) is 16.2 Å². The van der Waals surface area contributed by atoms with E-state index in [2.05, 4.69) is 20.3 Å². The molecule has 0 amide bonds. The van der Waals surface area contributed by atoms with E-state index in [9.17, 15) is 0 Å². The fourth-order valence-corrected chi connectivity index (χ4v) is 0.868. The van der Waals surface area contributed by atoms with Gasteiger partial charge in [0.05, 0.1) is 6.61 Å². The van der Waals surface area contributed by atoms with Gasteiger partial charge >= 0.3 is 0 Å². The Morgan fingerprint density at radius 1 is 1.21 bits per heavy atom. The molecule has 7 heteroatoms. The number of ether oxygens (including phenoxy) is 1. The van der Waals surface area contributed by atoms with Crippen molar-refractivity contribution in [1.82, 2.24) is 15.0 Å². The summed E-state index contributed by atoms with van der Waals surface area (Å²) in [6.07, 6.45) is 0. The predicted molar refractivity (Wildman–Crippen MR) is 53.6 cm³/mol. The predicted octanol–water partition coefficient (Wildman–Crippen LogP) is -0.516. The van der Waals surface area contributed by atoms with Crippen molar-refractivity contribution in [3.8, 4) is 0 Å². The molecule has 5 N–H and O–H groups in total. The first-order chi connectivity index (χ1) is 6.72. The molecule has 0 aliphatic rings. The van der Waals surface area contributed by atoms with Gasteiger partial charge in [-0.05, 0) is 6.92 Å². The lowest BCUT2D eigenvalue weighted by atomic mass is 10.6. The number of anilines is 3. The Labute approximate surface area is 81.9 Å². The van der Waals surface area contributed by atoms with Crippen LogP contribution in [0, 0.1) is 0 Å². The van der Waals surface area contributed by atoms with E-state index in [1.54, 1.807) is 0 Å². The minimum Gasteiger partial charge on any atom is -0.380 e. The average Bonchev–Trinajstić information content (AvgIpc) is 2.11. The first-order valence-electron chi connectivity index (χ1n) is 4.31. The summed E-state index contributed by atoms with van der Waals surface area (Å²) < 4.78 is 5.12. The normalized spacial score (nSPS) is 10.1. The zero-order valence-electron chi connectivity index (χ0n) is 8.03. The van der Waals surface area contributed by atoms with Gasteiger partial charge in [0.1, 0.15) is 0 Å². The lowest BCUT2D eigenvalue weighted by Crippen LogP contribution is -2.13. The molecule has 0 bridgehead atoms. The summed E-state index contributed by atoms with van der Waals surface area (Å²) in [7, 11) is 0. The average molecular weight is 198 g/mol. The number of nitrogens with zero attached hydrogens (tertiary/aromatic N) is 3. The fraction of sp³-hybridized carbons (Fsp3) is 0.571. The maximum Gasteiger partial charge on any atom is 0.229 e. The van der Waals surface area contributed by atoms with Crippen LogP contribution in [0.4, 0.5) is 17.8 Å². The summed E-state index contributed by atoms with van der Waals surface area (Å²) in [5.74, 6) is 0.586. The molecule has 0 saturated heterocycles. The van der Waals surface area contributed by atoms with E-state index in [1.165, 1.54) is 0 Å². The molecular formula is C7H14N6O. The zero-order valence-corrected chi connectivity index (χ0v) is 8.03. The van der Waals surface area contributed by atoms with E-state index in [1.807, 2.05) is 6.92 Å². The molecule has 0 spiro atoms. The van der Waals surface area contributed by atoms with Crippen LogP contribution < -0.4 is 16.8 Å². The molecule has 0 unspecified atom stereocenters. The molecule has 14 heavy (non-hydrogen) atoms. The van der Waals surface area contributed by atoms with Crippen molar-refractivity contribution < 1.29 is 4.74 Å².